The van der Waals surface area contributed by atoms with Crippen molar-refractivity contribution in [3.63, 3.8) is 0 Å². The SMILES string of the molecule is C/C=C\c1[nH]ncc1/C(=C/CC[C@H](C=O)NC(=O)N1CCC(NC)(c2ccccc2NC=O)CC1)CN(C)Cc1ccc(C(F)(F)F)cc1. The van der Waals surface area contributed by atoms with Gasteiger partial charge in [-0.15, -0.1) is 0 Å². The number of urea groups is 1. The van der Waals surface area contributed by atoms with E-state index < -0.39 is 23.3 Å². The number of benzene rings is 2. The Morgan fingerprint density at radius 1 is 1.12 bits per heavy atom. The zero-order valence-electron chi connectivity index (χ0n) is 28.0. The standard InChI is InChI=1S/C36H44F3N7O3/c1-4-8-32-30(21-42-44-32)27(23-45(3)22-26-13-15-28(16-14-26)36(37,38)39)9-7-10-29(24-47)43-34(49)46-19-17-35(40-2,18-20-46)31-11-5-6-12-33(31)41-25-48/h4-6,8-9,11-16,21,24-25,29,40H,7,10,17-20,22-23H2,1-3H3,(H,41,48)(H,42,44)(H,43,49)/b8-4-,27-9+/t29-/m1/s1. The molecule has 49 heavy (non-hydrogen) atoms. The van der Waals surface area contributed by atoms with Crippen molar-refractivity contribution in [2.45, 2.75) is 56.9 Å². The molecule has 0 saturated carbocycles. The Hall–Kier alpha value is -4.75. The number of carbonyl (C=O) groups excluding carboxylic acids is 3. The lowest BCUT2D eigenvalue weighted by molar-refractivity contribution is -0.137. The number of halogens is 3. The van der Waals surface area contributed by atoms with E-state index in [-0.39, 0.29) is 6.03 Å². The van der Waals surface area contributed by atoms with E-state index in [0.717, 1.165) is 52.1 Å². The van der Waals surface area contributed by atoms with Gasteiger partial charge in [0, 0.05) is 43.0 Å². The molecule has 0 radical (unpaired) electrons. The second kappa shape index (κ2) is 17.1. The van der Waals surface area contributed by atoms with Gasteiger partial charge in [0.05, 0.1) is 23.5 Å². The smallest absolute Gasteiger partial charge is 0.328 e. The quantitative estimate of drug-likeness (QED) is 0.150. The minimum Gasteiger partial charge on any atom is -0.328 e. The number of hydrogen-bond donors (Lipinski definition) is 4. The molecule has 1 saturated heterocycles. The van der Waals surface area contributed by atoms with E-state index >= 15 is 0 Å². The topological polar surface area (TPSA) is 122 Å². The van der Waals surface area contributed by atoms with Crippen LogP contribution in [0.2, 0.25) is 0 Å². The first-order valence-corrected chi connectivity index (χ1v) is 16.2. The summed E-state index contributed by atoms with van der Waals surface area (Å²) in [5.41, 5.74) is 3.91. The minimum absolute atomic E-state index is 0.313. The molecule has 262 valence electrons. The lowest BCUT2D eigenvalue weighted by Gasteiger charge is -2.43. The number of amides is 3. The van der Waals surface area contributed by atoms with Gasteiger partial charge in [0.25, 0.3) is 0 Å². The van der Waals surface area contributed by atoms with E-state index in [1.807, 2.05) is 68.4 Å². The molecule has 0 spiro atoms. The van der Waals surface area contributed by atoms with E-state index in [9.17, 15) is 27.6 Å². The minimum atomic E-state index is -4.39. The fourth-order valence-electron chi connectivity index (χ4n) is 6.26. The van der Waals surface area contributed by atoms with Crippen LogP contribution in [-0.4, -0.2) is 78.5 Å². The van der Waals surface area contributed by atoms with Gasteiger partial charge < -0.3 is 25.6 Å². The normalized spacial score (nSPS) is 15.7. The van der Waals surface area contributed by atoms with E-state index in [1.54, 1.807) is 11.1 Å². The first-order chi connectivity index (χ1) is 23.5. The summed E-state index contributed by atoms with van der Waals surface area (Å²) >= 11 is 0. The number of allylic oxidation sites excluding steroid dienone is 2. The largest absolute Gasteiger partial charge is 0.416 e. The molecule has 0 unspecified atom stereocenters. The molecule has 1 fully saturated rings. The molecule has 3 amide bonds. The number of hydrogen-bond acceptors (Lipinski definition) is 6. The number of carbonyl (C=O) groups is 3. The van der Waals surface area contributed by atoms with Crippen LogP contribution < -0.4 is 16.0 Å². The van der Waals surface area contributed by atoms with Gasteiger partial charge in [0.2, 0.25) is 6.41 Å². The number of likely N-dealkylation sites (tertiary alicyclic amines) is 1. The predicted octanol–water partition coefficient (Wildman–Crippen LogP) is 5.81. The molecule has 0 aliphatic carbocycles. The van der Waals surface area contributed by atoms with Crippen LogP contribution in [0.3, 0.4) is 0 Å². The van der Waals surface area contributed by atoms with Crippen molar-refractivity contribution in [2.24, 2.45) is 0 Å². The fourth-order valence-corrected chi connectivity index (χ4v) is 6.26. The van der Waals surface area contributed by atoms with Gasteiger partial charge in [-0.25, -0.2) is 4.79 Å². The molecular formula is C36H44F3N7O3. The number of aldehydes is 1. The Balaban J connectivity index is 1.39. The molecule has 10 nitrogen and oxygen atoms in total. The molecule has 4 N–H and O–H groups in total. The number of likely N-dealkylation sites (N-methyl/N-ethyl adjacent to an activating group) is 1. The van der Waals surface area contributed by atoms with Gasteiger partial charge in [-0.05, 0) is 87.7 Å². The highest BCUT2D eigenvalue weighted by Gasteiger charge is 2.38. The molecule has 1 aromatic heterocycles. The number of nitrogens with zero attached hydrogens (tertiary/aromatic N) is 3. The van der Waals surface area contributed by atoms with E-state index in [0.29, 0.717) is 58.3 Å². The Labute approximate surface area is 284 Å². The maximum Gasteiger partial charge on any atom is 0.416 e. The summed E-state index contributed by atoms with van der Waals surface area (Å²) in [5, 5.41) is 16.2. The molecule has 2 heterocycles. The number of aromatic nitrogens is 2. The third-order valence-corrected chi connectivity index (χ3v) is 8.90. The molecule has 1 atom stereocenters. The number of rotatable bonds is 15. The molecule has 13 heteroatoms. The van der Waals surface area contributed by atoms with Crippen molar-refractivity contribution < 1.29 is 27.6 Å². The van der Waals surface area contributed by atoms with Gasteiger partial charge in [0.1, 0.15) is 6.29 Å². The number of para-hydroxylation sites is 1. The number of nitrogens with one attached hydrogen (secondary N) is 4. The van der Waals surface area contributed by atoms with Gasteiger partial charge in [-0.3, -0.25) is 14.8 Å². The lowest BCUT2D eigenvalue weighted by atomic mass is 9.80. The highest BCUT2D eigenvalue weighted by Crippen LogP contribution is 2.37. The molecule has 4 rings (SSSR count). The molecule has 2 aromatic carbocycles. The van der Waals surface area contributed by atoms with Crippen LogP contribution in [0, 0.1) is 0 Å². The second-order valence-electron chi connectivity index (χ2n) is 12.2. The average molecular weight is 680 g/mol. The number of H-pyrrole nitrogens is 1. The van der Waals surface area contributed by atoms with E-state index in [1.165, 1.54) is 12.1 Å². The monoisotopic (exact) mass is 679 g/mol. The molecule has 1 aliphatic rings. The molecule has 1 aliphatic heterocycles. The van der Waals surface area contributed by atoms with Gasteiger partial charge >= 0.3 is 12.2 Å². The molecular weight excluding hydrogens is 635 g/mol. The summed E-state index contributed by atoms with van der Waals surface area (Å²) in [6.07, 6.45) is 6.62. The average Bonchev–Trinajstić information content (AvgIpc) is 3.56. The number of aromatic amines is 1. The van der Waals surface area contributed by atoms with Gasteiger partial charge in [-0.1, -0.05) is 42.5 Å². The second-order valence-corrected chi connectivity index (χ2v) is 12.2. The maximum absolute atomic E-state index is 13.2. The summed E-state index contributed by atoms with van der Waals surface area (Å²) < 4.78 is 39.1. The maximum atomic E-state index is 13.2. The number of piperidine rings is 1. The first kappa shape index (κ1) is 37.1. The number of alkyl halides is 3. The van der Waals surface area contributed by atoms with Crippen LogP contribution in [0.4, 0.5) is 23.7 Å². The van der Waals surface area contributed by atoms with Crippen LogP contribution in [0.1, 0.15) is 60.6 Å². The Kier molecular flexibility index (Phi) is 12.9. The summed E-state index contributed by atoms with van der Waals surface area (Å²) in [5.74, 6) is 0. The van der Waals surface area contributed by atoms with Gasteiger partial charge in [0.15, 0.2) is 0 Å². The van der Waals surface area contributed by atoms with Crippen molar-refractivity contribution >= 4 is 36.1 Å². The fraction of sp³-hybridized carbons (Fsp3) is 0.389. The van der Waals surface area contributed by atoms with Gasteiger partial charge in [-0.2, -0.15) is 18.3 Å². The van der Waals surface area contributed by atoms with Crippen molar-refractivity contribution in [3.05, 3.63) is 94.8 Å². The van der Waals surface area contributed by atoms with E-state index in [2.05, 4.69) is 26.1 Å². The summed E-state index contributed by atoms with van der Waals surface area (Å²) in [4.78, 5) is 40.2. The van der Waals surface area contributed by atoms with Crippen LogP contribution in [-0.2, 0) is 27.8 Å². The third-order valence-electron chi connectivity index (χ3n) is 8.90. The molecule has 0 bridgehead atoms. The van der Waals surface area contributed by atoms with E-state index in [4.69, 9.17) is 0 Å². The Morgan fingerprint density at radius 3 is 2.47 bits per heavy atom. The predicted molar refractivity (Wildman–Crippen MR) is 184 cm³/mol. The third kappa shape index (κ3) is 9.67. The highest BCUT2D eigenvalue weighted by atomic mass is 19.4. The zero-order chi connectivity index (χ0) is 35.4. The van der Waals surface area contributed by atoms with Crippen molar-refractivity contribution in [1.29, 1.82) is 0 Å². The van der Waals surface area contributed by atoms with Crippen LogP contribution in [0.25, 0.3) is 11.6 Å². The van der Waals surface area contributed by atoms with Crippen LogP contribution in [0.15, 0.2) is 66.9 Å². The Morgan fingerprint density at radius 2 is 1.84 bits per heavy atom. The Bertz CT molecular complexity index is 1610. The lowest BCUT2D eigenvalue weighted by Crippen LogP contribution is -2.54. The molecule has 3 aromatic rings. The van der Waals surface area contributed by atoms with Crippen LogP contribution in [0.5, 0.6) is 0 Å². The van der Waals surface area contributed by atoms with Crippen molar-refractivity contribution in [3.8, 4) is 0 Å². The van der Waals surface area contributed by atoms with Crippen molar-refractivity contribution in [2.75, 3.05) is 39.0 Å². The highest BCUT2D eigenvalue weighted by molar-refractivity contribution is 5.79. The summed E-state index contributed by atoms with van der Waals surface area (Å²) in [6, 6.07) is 11.7. The van der Waals surface area contributed by atoms with Crippen molar-refractivity contribution in [1.82, 2.24) is 30.6 Å². The zero-order valence-corrected chi connectivity index (χ0v) is 28.0. The first-order valence-electron chi connectivity index (χ1n) is 16.2. The number of anilines is 1. The summed E-state index contributed by atoms with van der Waals surface area (Å²) in [7, 11) is 3.75. The van der Waals surface area contributed by atoms with Crippen LogP contribution >= 0.6 is 0 Å². The summed E-state index contributed by atoms with van der Waals surface area (Å²) in [6.45, 7) is 3.69.